The number of hydrogen-bond donors (Lipinski definition) is 4. The van der Waals surface area contributed by atoms with Gasteiger partial charge in [0, 0.05) is 19.3 Å². The highest BCUT2D eigenvalue weighted by Gasteiger charge is 2.29. The molecule has 16 nitrogen and oxygen atoms in total. The van der Waals surface area contributed by atoms with Gasteiger partial charge in [-0.15, -0.1) is 0 Å². The van der Waals surface area contributed by atoms with E-state index in [9.17, 15) is 43.5 Å². The first-order chi connectivity index (χ1) is 52.2. The van der Waals surface area contributed by atoms with E-state index < -0.39 is 91.5 Å². The third kappa shape index (κ3) is 81.5. The van der Waals surface area contributed by atoms with Gasteiger partial charge in [-0.3, -0.25) is 32.5 Å². The molecule has 107 heavy (non-hydrogen) atoms. The zero-order chi connectivity index (χ0) is 78.0. The van der Waals surface area contributed by atoms with Crippen molar-refractivity contribution in [2.75, 3.05) is 39.6 Å². The van der Waals surface area contributed by atoms with Crippen LogP contribution in [0, 0.1) is 0 Å². The zero-order valence-corrected chi connectivity index (χ0v) is 68.3. The molecule has 0 aromatic carbocycles. The Morgan fingerprint density at radius 1 is 0.271 bits per heavy atom. The van der Waals surface area contributed by atoms with E-state index >= 15 is 0 Å². The van der Waals surface area contributed by atoms with Gasteiger partial charge in [0.1, 0.15) is 25.4 Å². The van der Waals surface area contributed by atoms with Gasteiger partial charge in [0.15, 0.2) is 6.10 Å². The second kappa shape index (κ2) is 80.2. The SMILES string of the molecule is CC/C=C\C/C=C\C/C=C\C/C=C\C/C=C\C/C=C\CCCCCCCCCCCCC(=O)OCC(O)COP(=O)(O)OCC(O)COP(=O)(O)OCC(COC(=O)CCCCCCCCCCC/C=C\C/C=C\C/C=C\C/C=C\CCCCC)OC(=O)CCC/C=C\C/C=C\C/C=C\C/C=C\C/C=C\CC. The van der Waals surface area contributed by atoms with E-state index in [4.69, 9.17) is 32.3 Å². The molecular formula is C89H146O16P2. The molecule has 0 amide bonds. The summed E-state index contributed by atoms with van der Waals surface area (Å²) in [6.07, 6.45) is 104. The number of rotatable bonds is 76. The van der Waals surface area contributed by atoms with Crippen molar-refractivity contribution in [3.63, 3.8) is 0 Å². The summed E-state index contributed by atoms with van der Waals surface area (Å²) < 4.78 is 61.2. The van der Waals surface area contributed by atoms with Gasteiger partial charge in [0.2, 0.25) is 0 Å². The average molecular weight is 1530 g/mol. The van der Waals surface area contributed by atoms with Crippen LogP contribution in [0.3, 0.4) is 0 Å². The minimum absolute atomic E-state index is 0.0189. The van der Waals surface area contributed by atoms with Crippen LogP contribution >= 0.6 is 15.6 Å². The normalized spacial score (nSPS) is 14.9. The van der Waals surface area contributed by atoms with Crippen LogP contribution in [0.5, 0.6) is 0 Å². The number of phosphoric ester groups is 2. The van der Waals surface area contributed by atoms with Gasteiger partial charge < -0.3 is 34.2 Å². The molecule has 0 bridgehead atoms. The molecule has 0 aromatic heterocycles. The Kier molecular flexibility index (Phi) is 76.2. The lowest BCUT2D eigenvalue weighted by atomic mass is 10.1. The van der Waals surface area contributed by atoms with Crippen LogP contribution in [0.4, 0.5) is 0 Å². The molecular weight excluding hydrogens is 1390 g/mol. The first-order valence-corrected chi connectivity index (χ1v) is 44.1. The number of hydrogen-bond acceptors (Lipinski definition) is 14. The van der Waals surface area contributed by atoms with Crippen LogP contribution < -0.4 is 0 Å². The highest BCUT2D eigenvalue weighted by molar-refractivity contribution is 7.47. The maximum atomic E-state index is 13.0. The quantitative estimate of drug-likeness (QED) is 0.0146. The molecule has 0 rings (SSSR count). The molecule has 0 aliphatic carbocycles. The molecule has 5 atom stereocenters. The number of carbonyl (C=O) groups excluding carboxylic acids is 3. The van der Waals surface area contributed by atoms with Crippen molar-refractivity contribution in [2.24, 2.45) is 0 Å². The van der Waals surface area contributed by atoms with Crippen LogP contribution in [0.25, 0.3) is 0 Å². The summed E-state index contributed by atoms with van der Waals surface area (Å²) in [6.45, 7) is 2.34. The summed E-state index contributed by atoms with van der Waals surface area (Å²) in [6, 6.07) is 0. The Labute approximate surface area is 649 Å². The minimum Gasteiger partial charge on any atom is -0.463 e. The fraction of sp³-hybridized carbons (Fsp3) is 0.629. The van der Waals surface area contributed by atoms with E-state index in [0.29, 0.717) is 25.7 Å². The molecule has 0 fully saturated rings. The van der Waals surface area contributed by atoms with Gasteiger partial charge in [-0.2, -0.15) is 0 Å². The molecule has 0 spiro atoms. The van der Waals surface area contributed by atoms with E-state index in [1.807, 2.05) is 12.2 Å². The van der Waals surface area contributed by atoms with Gasteiger partial charge in [-0.05, 0) is 154 Å². The number of aliphatic hydroxyl groups is 2. The van der Waals surface area contributed by atoms with Crippen LogP contribution in [-0.2, 0) is 55.8 Å². The number of allylic oxidation sites excluding steroid dienone is 30. The average Bonchev–Trinajstić information content (AvgIpc) is 0.908. The van der Waals surface area contributed by atoms with E-state index in [2.05, 4.69) is 191 Å². The maximum Gasteiger partial charge on any atom is 0.472 e. The first-order valence-electron chi connectivity index (χ1n) is 41.1. The van der Waals surface area contributed by atoms with Crippen molar-refractivity contribution >= 4 is 33.6 Å². The number of carbonyl (C=O) groups is 3. The summed E-state index contributed by atoms with van der Waals surface area (Å²) in [7, 11) is -9.83. The number of ether oxygens (including phenoxy) is 3. The fourth-order valence-corrected chi connectivity index (χ4v) is 12.0. The smallest absolute Gasteiger partial charge is 0.463 e. The lowest BCUT2D eigenvalue weighted by Crippen LogP contribution is -2.30. The molecule has 0 radical (unpaired) electrons. The molecule has 0 aliphatic heterocycles. The van der Waals surface area contributed by atoms with Gasteiger partial charge in [0.25, 0.3) is 0 Å². The number of aliphatic hydroxyl groups excluding tert-OH is 2. The molecule has 4 N–H and O–H groups in total. The zero-order valence-electron chi connectivity index (χ0n) is 66.5. The molecule has 0 aromatic rings. The second-order valence-corrected chi connectivity index (χ2v) is 29.7. The monoisotopic (exact) mass is 1530 g/mol. The van der Waals surface area contributed by atoms with E-state index in [1.165, 1.54) is 83.5 Å². The first kappa shape index (κ1) is 102. The summed E-state index contributed by atoms with van der Waals surface area (Å²) in [5.74, 6) is -1.66. The van der Waals surface area contributed by atoms with Crippen molar-refractivity contribution in [3.05, 3.63) is 182 Å². The highest BCUT2D eigenvalue weighted by atomic mass is 31.2. The maximum absolute atomic E-state index is 13.0. The molecule has 18 heteroatoms. The Balaban J connectivity index is 4.64. The highest BCUT2D eigenvalue weighted by Crippen LogP contribution is 2.45. The standard InChI is InChI=1S/C89H146O16P2/c1-4-7-10-13-16-19-22-25-28-31-33-35-37-39-40-41-42-44-46-47-49-52-54-57-60-63-66-69-72-75-87(92)99-78-84(90)79-101-106(95,96)102-80-85(91)81-103-107(97,98)104-83-86(105-89(94)77-74-71-68-65-62-59-56-51-30-27-24-21-18-15-12-9-6-3)82-100-88(93)76-73-70-67-64-61-58-55-53-50-48-45-43-38-36-34-32-29-26-23-20-17-14-11-8-5-2/h7,9-10,12,16-21,25-30,33-36,39-40,42-45,56,59,65,68,84-86,90-91H,4-6,8,11,13-15,22-24,31-32,37-38,41,46-55,57-58,60-64,66-67,69-83H2,1-3H3,(H,95,96)(H,97,98)/b10-7-,12-9-,19-16-,20-17-,21-18-,28-25-,29-26-,30-27-,35-33-,36-34-,40-39-,44-42-,45-43-,59-56-,68-65-. The molecule has 5 unspecified atom stereocenters. The Morgan fingerprint density at radius 3 is 0.813 bits per heavy atom. The van der Waals surface area contributed by atoms with Crippen molar-refractivity contribution < 1.29 is 75.8 Å². The van der Waals surface area contributed by atoms with Crippen LogP contribution in [0.15, 0.2) is 182 Å². The molecule has 0 saturated carbocycles. The lowest BCUT2D eigenvalue weighted by molar-refractivity contribution is -0.161. The van der Waals surface area contributed by atoms with E-state index in [-0.39, 0.29) is 19.3 Å². The topological polar surface area (TPSA) is 231 Å². The van der Waals surface area contributed by atoms with Gasteiger partial charge in [-0.25, -0.2) is 9.13 Å². The van der Waals surface area contributed by atoms with E-state index in [0.717, 1.165) is 154 Å². The molecule has 608 valence electrons. The minimum atomic E-state index is -4.96. The van der Waals surface area contributed by atoms with Crippen LogP contribution in [-0.4, -0.2) is 95.9 Å². The summed E-state index contributed by atoms with van der Waals surface area (Å²) in [5.41, 5.74) is 0. The van der Waals surface area contributed by atoms with Crippen molar-refractivity contribution in [1.82, 2.24) is 0 Å². The summed E-state index contributed by atoms with van der Waals surface area (Å²) in [4.78, 5) is 58.7. The predicted molar refractivity (Wildman–Crippen MR) is 445 cm³/mol. The van der Waals surface area contributed by atoms with E-state index in [1.54, 1.807) is 0 Å². The van der Waals surface area contributed by atoms with Gasteiger partial charge in [0.05, 0.1) is 26.4 Å². The Hall–Kier alpha value is -5.35. The summed E-state index contributed by atoms with van der Waals surface area (Å²) >= 11 is 0. The number of unbranched alkanes of at least 4 members (excludes halogenated alkanes) is 23. The van der Waals surface area contributed by atoms with Crippen LogP contribution in [0.2, 0.25) is 0 Å². The summed E-state index contributed by atoms with van der Waals surface area (Å²) in [5, 5.41) is 20.7. The predicted octanol–water partition coefficient (Wildman–Crippen LogP) is 24.5. The largest absolute Gasteiger partial charge is 0.472 e. The van der Waals surface area contributed by atoms with Gasteiger partial charge in [-0.1, -0.05) is 312 Å². The van der Waals surface area contributed by atoms with Crippen molar-refractivity contribution in [2.45, 2.75) is 322 Å². The number of esters is 3. The lowest BCUT2D eigenvalue weighted by Gasteiger charge is -2.21. The molecule has 0 saturated heterocycles. The van der Waals surface area contributed by atoms with Crippen molar-refractivity contribution in [1.29, 1.82) is 0 Å². The third-order valence-corrected chi connectivity index (χ3v) is 18.5. The fourth-order valence-electron chi connectivity index (χ4n) is 10.4. The number of phosphoric acid groups is 2. The Morgan fingerprint density at radius 2 is 0.505 bits per heavy atom. The van der Waals surface area contributed by atoms with Gasteiger partial charge >= 0.3 is 33.6 Å². The third-order valence-electron chi connectivity index (χ3n) is 16.6. The van der Waals surface area contributed by atoms with Crippen LogP contribution in [0.1, 0.15) is 303 Å². The molecule has 0 heterocycles. The second-order valence-electron chi connectivity index (χ2n) is 26.8. The molecule has 0 aliphatic rings. The Bertz CT molecular complexity index is 2670. The van der Waals surface area contributed by atoms with Crippen molar-refractivity contribution in [3.8, 4) is 0 Å².